The van der Waals surface area contributed by atoms with Crippen molar-refractivity contribution in [1.29, 1.82) is 0 Å². The molecule has 1 aliphatic rings. The Morgan fingerprint density at radius 1 is 1.28 bits per heavy atom. The molecule has 152 valence electrons. The molecule has 8 heteroatoms. The van der Waals surface area contributed by atoms with Crippen molar-refractivity contribution in [2.24, 2.45) is 0 Å². The monoisotopic (exact) mass is 432 g/mol. The van der Waals surface area contributed by atoms with Crippen molar-refractivity contribution in [3.05, 3.63) is 69.6 Å². The molecular weight excluding hydrogens is 412 g/mol. The molecule has 2 aromatic carbocycles. The van der Waals surface area contributed by atoms with Gasteiger partial charge in [-0.15, -0.1) is 0 Å². The van der Waals surface area contributed by atoms with E-state index in [0.717, 1.165) is 22.9 Å². The van der Waals surface area contributed by atoms with Crippen LogP contribution in [0.4, 0.5) is 0 Å². The zero-order valence-corrected chi connectivity index (χ0v) is 17.1. The Bertz CT molecular complexity index is 902. The average molecular weight is 433 g/mol. The third-order valence-corrected chi connectivity index (χ3v) is 5.24. The van der Waals surface area contributed by atoms with Crippen LogP contribution in [0.3, 0.4) is 0 Å². The minimum absolute atomic E-state index is 0.0372. The van der Waals surface area contributed by atoms with Gasteiger partial charge in [-0.3, -0.25) is 9.59 Å². The normalized spacial score (nSPS) is 17.2. The summed E-state index contributed by atoms with van der Waals surface area (Å²) in [4.78, 5) is 24.1. The van der Waals surface area contributed by atoms with E-state index in [0.29, 0.717) is 41.7 Å². The first-order valence-corrected chi connectivity index (χ1v) is 10.4. The average Bonchev–Trinajstić information content (AvgIpc) is 3.02. The minimum Gasteiger partial charge on any atom is -0.494 e. The summed E-state index contributed by atoms with van der Waals surface area (Å²) in [5, 5.41) is 15.4. The molecule has 0 aromatic heterocycles. The number of aliphatic hydroxyl groups excluding tert-OH is 1. The van der Waals surface area contributed by atoms with Gasteiger partial charge in [-0.05, 0) is 47.9 Å². The lowest BCUT2D eigenvalue weighted by Crippen LogP contribution is -2.23. The Kier molecular flexibility index (Phi) is 7.57. The molecule has 0 aliphatic carbocycles. The lowest BCUT2D eigenvalue weighted by Gasteiger charge is -2.08. The van der Waals surface area contributed by atoms with Crippen LogP contribution in [-0.2, 0) is 16.1 Å². The van der Waals surface area contributed by atoms with Crippen molar-refractivity contribution in [3.8, 4) is 5.75 Å². The fourth-order valence-electron chi connectivity index (χ4n) is 2.65. The van der Waals surface area contributed by atoms with Gasteiger partial charge in [-0.25, -0.2) is 0 Å². The van der Waals surface area contributed by atoms with Crippen molar-refractivity contribution in [2.75, 3.05) is 6.61 Å². The van der Waals surface area contributed by atoms with Crippen molar-refractivity contribution >= 4 is 41.3 Å². The quantitative estimate of drug-likeness (QED) is 0.440. The van der Waals surface area contributed by atoms with Gasteiger partial charge in [0.05, 0.1) is 11.5 Å². The number of hydrogen-bond donors (Lipinski definition) is 3. The van der Waals surface area contributed by atoms with E-state index in [-0.39, 0.29) is 11.8 Å². The van der Waals surface area contributed by atoms with Crippen LogP contribution in [0.25, 0.3) is 6.08 Å². The van der Waals surface area contributed by atoms with Gasteiger partial charge in [-0.1, -0.05) is 47.6 Å². The van der Waals surface area contributed by atoms with Gasteiger partial charge in [0.25, 0.3) is 5.91 Å². The highest BCUT2D eigenvalue weighted by Gasteiger charge is 2.24. The third-order valence-electron chi connectivity index (χ3n) is 4.09. The molecule has 2 amide bonds. The molecule has 1 fully saturated rings. The number of thioether (sulfide) groups is 1. The molecule has 3 N–H and O–H groups in total. The van der Waals surface area contributed by atoms with E-state index >= 15 is 0 Å². The maximum absolute atomic E-state index is 11.9. The standard InChI is InChI=1S/C21H21ClN2O4S/c22-16-8-6-14(7-9-16)13-23-19(25)5-2-10-28-17-4-1-3-15(11-17)12-18-20(26)24-21(27)29-18/h1,3-4,6-9,11-12,21,27H,2,5,10,13H2,(H,23,25)(H,24,26)/b18-12-. The van der Waals surface area contributed by atoms with Crippen molar-refractivity contribution in [1.82, 2.24) is 10.6 Å². The molecule has 1 atom stereocenters. The number of benzene rings is 2. The van der Waals surface area contributed by atoms with Gasteiger partial charge >= 0.3 is 0 Å². The number of hydrogen-bond acceptors (Lipinski definition) is 5. The highest BCUT2D eigenvalue weighted by atomic mass is 35.5. The van der Waals surface area contributed by atoms with Crippen molar-refractivity contribution in [2.45, 2.75) is 24.9 Å². The van der Waals surface area contributed by atoms with E-state index < -0.39 is 5.56 Å². The lowest BCUT2D eigenvalue weighted by molar-refractivity contribution is -0.121. The largest absolute Gasteiger partial charge is 0.494 e. The predicted molar refractivity (Wildman–Crippen MR) is 114 cm³/mol. The molecule has 3 rings (SSSR count). The van der Waals surface area contributed by atoms with Crippen molar-refractivity contribution < 1.29 is 19.4 Å². The van der Waals surface area contributed by atoms with E-state index in [9.17, 15) is 14.7 Å². The van der Waals surface area contributed by atoms with E-state index in [1.54, 1.807) is 18.2 Å². The topological polar surface area (TPSA) is 87.7 Å². The maximum atomic E-state index is 11.9. The van der Waals surface area contributed by atoms with E-state index in [4.69, 9.17) is 16.3 Å². The van der Waals surface area contributed by atoms with Crippen LogP contribution < -0.4 is 15.4 Å². The summed E-state index contributed by atoms with van der Waals surface area (Å²) in [5.74, 6) is 0.327. The van der Waals surface area contributed by atoms with Gasteiger partial charge in [-0.2, -0.15) is 0 Å². The Balaban J connectivity index is 1.40. The molecule has 1 unspecified atom stereocenters. The predicted octanol–water partition coefficient (Wildman–Crippen LogP) is 3.30. The smallest absolute Gasteiger partial charge is 0.260 e. The molecule has 1 heterocycles. The van der Waals surface area contributed by atoms with E-state index in [1.165, 1.54) is 0 Å². The fraction of sp³-hybridized carbons (Fsp3) is 0.238. The molecule has 0 spiro atoms. The van der Waals surface area contributed by atoms with Gasteiger partial charge < -0.3 is 20.5 Å². The molecule has 0 bridgehead atoms. The molecule has 29 heavy (non-hydrogen) atoms. The van der Waals surface area contributed by atoms with Crippen LogP contribution in [0.2, 0.25) is 5.02 Å². The summed E-state index contributed by atoms with van der Waals surface area (Å²) in [7, 11) is 0. The third kappa shape index (κ3) is 6.81. The minimum atomic E-state index is -0.904. The van der Waals surface area contributed by atoms with Crippen molar-refractivity contribution in [3.63, 3.8) is 0 Å². The summed E-state index contributed by atoms with van der Waals surface area (Å²) in [5.41, 5.74) is 0.889. The highest BCUT2D eigenvalue weighted by Crippen LogP contribution is 2.28. The molecule has 1 saturated heterocycles. The summed E-state index contributed by atoms with van der Waals surface area (Å²) < 4.78 is 5.70. The number of halogens is 1. The molecule has 0 saturated carbocycles. The van der Waals surface area contributed by atoms with Crippen LogP contribution in [0.5, 0.6) is 5.75 Å². The number of carbonyl (C=O) groups is 2. The van der Waals surface area contributed by atoms with Crippen LogP contribution in [0.1, 0.15) is 24.0 Å². The van der Waals surface area contributed by atoms with Crippen LogP contribution in [-0.4, -0.2) is 29.1 Å². The second kappa shape index (κ2) is 10.3. The summed E-state index contributed by atoms with van der Waals surface area (Å²) in [6.45, 7) is 0.871. The summed E-state index contributed by atoms with van der Waals surface area (Å²) in [6, 6.07) is 14.6. The molecule has 1 aliphatic heterocycles. The molecular formula is C21H21ClN2O4S. The number of carbonyl (C=O) groups excluding carboxylic acids is 2. The number of rotatable bonds is 8. The Morgan fingerprint density at radius 3 is 2.79 bits per heavy atom. The van der Waals surface area contributed by atoms with Gasteiger partial charge in [0.2, 0.25) is 5.91 Å². The van der Waals surface area contributed by atoms with Crippen LogP contribution in [0, 0.1) is 0 Å². The van der Waals surface area contributed by atoms with Crippen LogP contribution >= 0.6 is 23.4 Å². The van der Waals surface area contributed by atoms with Gasteiger partial charge in [0.1, 0.15) is 5.75 Å². The number of aliphatic hydroxyl groups is 1. The fourth-order valence-corrected chi connectivity index (χ4v) is 3.55. The second-order valence-electron chi connectivity index (χ2n) is 6.38. The highest BCUT2D eigenvalue weighted by molar-refractivity contribution is 8.05. The number of amides is 2. The Morgan fingerprint density at radius 2 is 2.07 bits per heavy atom. The number of nitrogens with one attached hydrogen (secondary N) is 2. The van der Waals surface area contributed by atoms with Gasteiger partial charge in [0.15, 0.2) is 5.56 Å². The first-order chi connectivity index (χ1) is 14.0. The van der Waals surface area contributed by atoms with Gasteiger partial charge in [0, 0.05) is 18.0 Å². The molecule has 2 aromatic rings. The maximum Gasteiger partial charge on any atom is 0.260 e. The Hall–Kier alpha value is -2.48. The van der Waals surface area contributed by atoms with E-state index in [1.807, 2.05) is 36.4 Å². The summed E-state index contributed by atoms with van der Waals surface area (Å²) in [6.07, 6.45) is 2.65. The Labute approximate surface area is 178 Å². The first-order valence-electron chi connectivity index (χ1n) is 9.11. The number of ether oxygens (including phenoxy) is 1. The zero-order chi connectivity index (χ0) is 20.6. The SMILES string of the molecule is O=C(CCCOc1cccc(/C=C2\SC(O)NC2=O)c1)NCc1ccc(Cl)cc1. The van der Waals surface area contributed by atoms with E-state index in [2.05, 4.69) is 10.6 Å². The lowest BCUT2D eigenvalue weighted by atomic mass is 10.2. The molecule has 6 nitrogen and oxygen atoms in total. The zero-order valence-electron chi connectivity index (χ0n) is 15.6. The van der Waals surface area contributed by atoms with Crippen LogP contribution in [0.15, 0.2) is 53.4 Å². The molecule has 0 radical (unpaired) electrons. The summed E-state index contributed by atoms with van der Waals surface area (Å²) >= 11 is 6.91. The first kappa shape index (κ1) is 21.2. The second-order valence-corrected chi connectivity index (χ2v) is 7.94.